The number of anilines is 2. The number of carbonyl (C=O) groups excluding carboxylic acids is 1. The first-order valence-electron chi connectivity index (χ1n) is 10.1. The number of nitrogens with zero attached hydrogens (tertiary/aromatic N) is 2. The van der Waals surface area contributed by atoms with Crippen LogP contribution in [0.2, 0.25) is 0 Å². The lowest BCUT2D eigenvalue weighted by molar-refractivity contribution is -0.113. The molecule has 0 saturated carbocycles. The lowest BCUT2D eigenvalue weighted by Gasteiger charge is -2.27. The number of aliphatic imine (C=N–C) groups is 1. The summed E-state index contributed by atoms with van der Waals surface area (Å²) < 4.78 is 29.9. The molecule has 2 heterocycles. The number of benzene rings is 2. The fourth-order valence-electron chi connectivity index (χ4n) is 4.01. The van der Waals surface area contributed by atoms with Gasteiger partial charge in [-0.2, -0.15) is 0 Å². The Hall–Kier alpha value is -2.52. The first-order valence-corrected chi connectivity index (χ1v) is 12.9. The SMILES string of the molecule is CCc1ccccc1NC(=O)CSC1=NC2CS(=O)(=O)CC2N1c1ccccc1OC. The second-order valence-electron chi connectivity index (χ2n) is 7.51. The van der Waals surface area contributed by atoms with Crippen LogP contribution < -0.4 is 15.0 Å². The summed E-state index contributed by atoms with van der Waals surface area (Å²) in [5.74, 6) is 0.762. The molecule has 31 heavy (non-hydrogen) atoms. The second kappa shape index (κ2) is 8.92. The lowest BCUT2D eigenvalue weighted by atomic mass is 10.1. The molecule has 2 aliphatic rings. The van der Waals surface area contributed by atoms with Crippen LogP contribution in [-0.4, -0.2) is 55.9 Å². The predicted molar refractivity (Wildman–Crippen MR) is 126 cm³/mol. The third-order valence-electron chi connectivity index (χ3n) is 5.46. The van der Waals surface area contributed by atoms with Crippen molar-refractivity contribution in [1.29, 1.82) is 0 Å². The third kappa shape index (κ3) is 4.57. The minimum atomic E-state index is -3.15. The van der Waals surface area contributed by atoms with Crippen LogP contribution in [0, 0.1) is 0 Å². The van der Waals surface area contributed by atoms with Gasteiger partial charge in [0.25, 0.3) is 0 Å². The highest BCUT2D eigenvalue weighted by Gasteiger charge is 2.47. The number of fused-ring (bicyclic) bond motifs is 1. The zero-order valence-electron chi connectivity index (χ0n) is 17.4. The van der Waals surface area contributed by atoms with Crippen molar-refractivity contribution in [2.45, 2.75) is 25.4 Å². The molecule has 7 nitrogen and oxygen atoms in total. The van der Waals surface area contributed by atoms with Crippen LogP contribution in [-0.2, 0) is 21.1 Å². The molecule has 0 aliphatic carbocycles. The number of para-hydroxylation sites is 3. The smallest absolute Gasteiger partial charge is 0.234 e. The highest BCUT2D eigenvalue weighted by Crippen LogP contribution is 2.39. The summed E-state index contributed by atoms with van der Waals surface area (Å²) in [6.45, 7) is 2.05. The van der Waals surface area contributed by atoms with E-state index < -0.39 is 9.84 Å². The van der Waals surface area contributed by atoms with Gasteiger partial charge in [-0.25, -0.2) is 8.42 Å². The maximum Gasteiger partial charge on any atom is 0.234 e. The molecule has 9 heteroatoms. The summed E-state index contributed by atoms with van der Waals surface area (Å²) in [7, 11) is -1.56. The quantitative estimate of drug-likeness (QED) is 0.715. The Balaban J connectivity index is 1.54. The average Bonchev–Trinajstić information content (AvgIpc) is 3.23. The van der Waals surface area contributed by atoms with E-state index in [1.165, 1.54) is 11.8 Å². The van der Waals surface area contributed by atoms with Crippen LogP contribution in [0.1, 0.15) is 12.5 Å². The zero-order valence-corrected chi connectivity index (χ0v) is 19.1. The van der Waals surface area contributed by atoms with Crippen LogP contribution in [0.5, 0.6) is 5.75 Å². The molecule has 1 N–H and O–H groups in total. The topological polar surface area (TPSA) is 88.1 Å². The number of hydrogen-bond donors (Lipinski definition) is 1. The highest BCUT2D eigenvalue weighted by molar-refractivity contribution is 8.14. The van der Waals surface area contributed by atoms with Crippen LogP contribution in [0.4, 0.5) is 11.4 Å². The largest absolute Gasteiger partial charge is 0.495 e. The molecule has 1 saturated heterocycles. The molecule has 4 rings (SSSR count). The molecule has 0 radical (unpaired) electrons. The van der Waals surface area contributed by atoms with E-state index in [0.29, 0.717) is 10.9 Å². The molecular weight excluding hydrogens is 434 g/mol. The number of amidine groups is 1. The molecule has 2 aromatic carbocycles. The number of methoxy groups -OCH3 is 1. The number of sulfone groups is 1. The van der Waals surface area contributed by atoms with Crippen LogP contribution in [0.25, 0.3) is 0 Å². The molecule has 2 aliphatic heterocycles. The van der Waals surface area contributed by atoms with Gasteiger partial charge in [0.2, 0.25) is 5.91 Å². The standard InChI is InChI=1S/C22H25N3O4S2/c1-3-15-8-4-5-9-16(15)23-21(26)12-30-22-24-17-13-31(27,28)14-19(17)25(22)18-10-6-7-11-20(18)29-2/h4-11,17,19H,3,12-14H2,1-2H3,(H,23,26). The monoisotopic (exact) mass is 459 g/mol. The van der Waals surface area contributed by atoms with Gasteiger partial charge in [-0.3, -0.25) is 9.79 Å². The minimum Gasteiger partial charge on any atom is -0.495 e. The molecule has 0 spiro atoms. The van der Waals surface area contributed by atoms with E-state index in [0.717, 1.165) is 23.4 Å². The van der Waals surface area contributed by atoms with Crippen molar-refractivity contribution in [3.8, 4) is 5.75 Å². The van der Waals surface area contributed by atoms with E-state index in [4.69, 9.17) is 4.74 Å². The summed E-state index contributed by atoms with van der Waals surface area (Å²) in [6.07, 6.45) is 0.829. The fraction of sp³-hybridized carbons (Fsp3) is 0.364. The van der Waals surface area contributed by atoms with Gasteiger partial charge < -0.3 is 15.0 Å². The molecule has 0 aromatic heterocycles. The van der Waals surface area contributed by atoms with Crippen LogP contribution in [0.3, 0.4) is 0 Å². The van der Waals surface area contributed by atoms with Gasteiger partial charge in [0.1, 0.15) is 5.75 Å². The van der Waals surface area contributed by atoms with Gasteiger partial charge in [0, 0.05) is 5.69 Å². The van der Waals surface area contributed by atoms with E-state index >= 15 is 0 Å². The van der Waals surface area contributed by atoms with Crippen molar-refractivity contribution >= 4 is 44.0 Å². The highest BCUT2D eigenvalue weighted by atomic mass is 32.2. The number of thioether (sulfide) groups is 1. The second-order valence-corrected chi connectivity index (χ2v) is 10.6. The molecule has 2 aromatic rings. The number of aryl methyl sites for hydroxylation is 1. The Morgan fingerprint density at radius 3 is 2.71 bits per heavy atom. The molecule has 164 valence electrons. The Labute approximate surface area is 186 Å². The Morgan fingerprint density at radius 2 is 1.94 bits per heavy atom. The molecule has 1 amide bonds. The molecule has 1 fully saturated rings. The van der Waals surface area contributed by atoms with E-state index in [1.807, 2.05) is 60.4 Å². The first kappa shape index (κ1) is 21.7. The van der Waals surface area contributed by atoms with Crippen molar-refractivity contribution in [2.75, 3.05) is 34.6 Å². The zero-order chi connectivity index (χ0) is 22.0. The summed E-state index contributed by atoms with van der Waals surface area (Å²) in [5, 5.41) is 3.62. The molecule has 2 unspecified atom stereocenters. The Bertz CT molecular complexity index is 1120. The number of carbonyl (C=O) groups is 1. The maximum absolute atomic E-state index is 12.6. The van der Waals surface area contributed by atoms with Gasteiger partial charge in [0.05, 0.1) is 42.1 Å². The molecular formula is C22H25N3O4S2. The average molecular weight is 460 g/mol. The van der Waals surface area contributed by atoms with E-state index in [9.17, 15) is 13.2 Å². The predicted octanol–water partition coefficient (Wildman–Crippen LogP) is 2.97. The van der Waals surface area contributed by atoms with Crippen molar-refractivity contribution in [3.63, 3.8) is 0 Å². The number of rotatable bonds is 6. The number of nitrogens with one attached hydrogen (secondary N) is 1. The summed E-state index contributed by atoms with van der Waals surface area (Å²) >= 11 is 1.32. The molecule has 0 bridgehead atoms. The lowest BCUT2D eigenvalue weighted by Crippen LogP contribution is -2.39. The summed E-state index contributed by atoms with van der Waals surface area (Å²) in [4.78, 5) is 19.2. The normalized spacial score (nSPS) is 21.5. The Morgan fingerprint density at radius 1 is 1.19 bits per heavy atom. The number of ether oxygens (including phenoxy) is 1. The van der Waals surface area contributed by atoms with Gasteiger partial charge in [-0.05, 0) is 30.2 Å². The first-order chi connectivity index (χ1) is 14.9. The van der Waals surface area contributed by atoms with Gasteiger partial charge in [-0.1, -0.05) is 49.0 Å². The van der Waals surface area contributed by atoms with Gasteiger partial charge in [-0.15, -0.1) is 0 Å². The van der Waals surface area contributed by atoms with E-state index in [1.54, 1.807) is 7.11 Å². The molecule has 2 atom stereocenters. The van der Waals surface area contributed by atoms with Gasteiger partial charge in [0.15, 0.2) is 15.0 Å². The van der Waals surface area contributed by atoms with Crippen LogP contribution in [0.15, 0.2) is 53.5 Å². The minimum absolute atomic E-state index is 0.0312. The summed E-state index contributed by atoms with van der Waals surface area (Å²) in [5.41, 5.74) is 2.65. The van der Waals surface area contributed by atoms with Crippen molar-refractivity contribution in [3.05, 3.63) is 54.1 Å². The fourth-order valence-corrected chi connectivity index (χ4v) is 6.77. The summed E-state index contributed by atoms with van der Waals surface area (Å²) in [6, 6.07) is 14.6. The maximum atomic E-state index is 12.6. The Kier molecular flexibility index (Phi) is 6.24. The van der Waals surface area contributed by atoms with Crippen molar-refractivity contribution < 1.29 is 17.9 Å². The van der Waals surface area contributed by atoms with Crippen molar-refractivity contribution in [2.24, 2.45) is 4.99 Å². The van der Waals surface area contributed by atoms with Crippen molar-refractivity contribution in [1.82, 2.24) is 0 Å². The van der Waals surface area contributed by atoms with Crippen LogP contribution >= 0.6 is 11.8 Å². The number of amides is 1. The number of hydrogen-bond acceptors (Lipinski definition) is 7. The third-order valence-corrected chi connectivity index (χ3v) is 8.12. The van der Waals surface area contributed by atoms with E-state index in [2.05, 4.69) is 10.3 Å². The van der Waals surface area contributed by atoms with Gasteiger partial charge >= 0.3 is 0 Å². The van der Waals surface area contributed by atoms with E-state index in [-0.39, 0.29) is 35.2 Å².